The van der Waals surface area contributed by atoms with Gasteiger partial charge in [-0.1, -0.05) is 54.1 Å². The highest BCUT2D eigenvalue weighted by molar-refractivity contribution is 7.89. The fraction of sp³-hybridized carbons (Fsp3) is 0.0952. The highest BCUT2D eigenvalue weighted by Crippen LogP contribution is 2.21. The second-order valence-electron chi connectivity index (χ2n) is 6.21. The van der Waals surface area contributed by atoms with E-state index in [1.165, 1.54) is 23.5 Å². The Balaban J connectivity index is 1.72. The van der Waals surface area contributed by atoms with Crippen LogP contribution in [0.4, 0.5) is 5.69 Å². The van der Waals surface area contributed by atoms with Gasteiger partial charge in [-0.05, 0) is 42.0 Å². The Hall–Kier alpha value is -2.67. The van der Waals surface area contributed by atoms with Crippen LogP contribution in [0.15, 0.2) is 83.8 Å². The Morgan fingerprint density at radius 1 is 0.929 bits per heavy atom. The Labute approximate surface area is 169 Å². The molecule has 1 N–H and O–H groups in total. The Bertz CT molecular complexity index is 1070. The lowest BCUT2D eigenvalue weighted by molar-refractivity contribution is 0.102. The summed E-state index contributed by atoms with van der Waals surface area (Å²) in [5.41, 5.74) is 1.73. The van der Waals surface area contributed by atoms with Crippen molar-refractivity contribution < 1.29 is 13.2 Å². The molecule has 0 saturated carbocycles. The minimum Gasteiger partial charge on any atom is -0.322 e. The molecule has 0 atom stereocenters. The van der Waals surface area contributed by atoms with E-state index in [2.05, 4.69) is 5.32 Å². The van der Waals surface area contributed by atoms with Gasteiger partial charge in [0.05, 0.1) is 15.5 Å². The molecule has 0 heterocycles. The van der Waals surface area contributed by atoms with E-state index in [1.807, 2.05) is 30.3 Å². The quantitative estimate of drug-likeness (QED) is 0.649. The van der Waals surface area contributed by atoms with Gasteiger partial charge >= 0.3 is 0 Å². The molecular formula is C21H19ClN2O3S. The Morgan fingerprint density at radius 3 is 2.18 bits per heavy atom. The third kappa shape index (κ3) is 4.59. The molecule has 5 nitrogen and oxygen atoms in total. The van der Waals surface area contributed by atoms with Crippen LogP contribution in [0, 0.1) is 0 Å². The smallest absolute Gasteiger partial charge is 0.257 e. The lowest BCUT2D eigenvalue weighted by Gasteiger charge is -2.17. The minimum atomic E-state index is -3.64. The summed E-state index contributed by atoms with van der Waals surface area (Å²) in [4.78, 5) is 12.5. The number of benzene rings is 3. The molecule has 0 fully saturated rings. The fourth-order valence-corrected chi connectivity index (χ4v) is 4.04. The number of carbonyl (C=O) groups is 1. The first-order chi connectivity index (χ1) is 13.4. The molecule has 7 heteroatoms. The van der Waals surface area contributed by atoms with E-state index in [4.69, 9.17) is 11.6 Å². The van der Waals surface area contributed by atoms with E-state index < -0.39 is 10.0 Å². The summed E-state index contributed by atoms with van der Waals surface area (Å²) in [6, 6.07) is 22.1. The second kappa shape index (κ2) is 8.56. The molecule has 0 spiro atoms. The lowest BCUT2D eigenvalue weighted by atomic mass is 10.2. The van der Waals surface area contributed by atoms with Crippen LogP contribution in [-0.4, -0.2) is 25.7 Å². The molecule has 0 unspecified atom stereocenters. The summed E-state index contributed by atoms with van der Waals surface area (Å²) >= 11 is 6.03. The lowest BCUT2D eigenvalue weighted by Crippen LogP contribution is -2.26. The van der Waals surface area contributed by atoms with Gasteiger partial charge < -0.3 is 5.32 Å². The van der Waals surface area contributed by atoms with Crippen molar-refractivity contribution in [2.75, 3.05) is 12.4 Å². The molecule has 28 heavy (non-hydrogen) atoms. The van der Waals surface area contributed by atoms with Gasteiger partial charge in [-0.2, -0.15) is 4.31 Å². The van der Waals surface area contributed by atoms with Gasteiger partial charge in [-0.15, -0.1) is 0 Å². The van der Waals surface area contributed by atoms with Gasteiger partial charge in [0.15, 0.2) is 0 Å². The molecule has 144 valence electrons. The van der Waals surface area contributed by atoms with Gasteiger partial charge in [-0.25, -0.2) is 8.42 Å². The summed E-state index contributed by atoms with van der Waals surface area (Å²) < 4.78 is 26.8. The first-order valence-electron chi connectivity index (χ1n) is 8.54. The van der Waals surface area contributed by atoms with Crippen molar-refractivity contribution in [1.29, 1.82) is 0 Å². The number of nitrogens with one attached hydrogen (secondary N) is 1. The maximum atomic E-state index is 12.8. The summed E-state index contributed by atoms with van der Waals surface area (Å²) in [6.45, 7) is 0.272. The summed E-state index contributed by atoms with van der Waals surface area (Å²) in [7, 11) is -2.10. The van der Waals surface area contributed by atoms with Crippen LogP contribution in [0.3, 0.4) is 0 Å². The number of nitrogens with zero attached hydrogens (tertiary/aromatic N) is 1. The van der Waals surface area contributed by atoms with E-state index in [1.54, 1.807) is 36.4 Å². The summed E-state index contributed by atoms with van der Waals surface area (Å²) in [5.74, 6) is -0.359. The molecule has 3 aromatic rings. The highest BCUT2D eigenvalue weighted by Gasteiger charge is 2.21. The van der Waals surface area contributed by atoms with E-state index in [0.717, 1.165) is 5.56 Å². The van der Waals surface area contributed by atoms with Gasteiger partial charge in [0, 0.05) is 19.3 Å². The zero-order valence-corrected chi connectivity index (χ0v) is 16.7. The van der Waals surface area contributed by atoms with Gasteiger partial charge in [0.2, 0.25) is 10.0 Å². The molecular weight excluding hydrogens is 396 g/mol. The maximum absolute atomic E-state index is 12.8. The average Bonchev–Trinajstić information content (AvgIpc) is 2.69. The first-order valence-corrected chi connectivity index (χ1v) is 10.4. The number of halogens is 1. The van der Waals surface area contributed by atoms with E-state index in [-0.39, 0.29) is 17.3 Å². The van der Waals surface area contributed by atoms with Crippen LogP contribution in [0.25, 0.3) is 0 Å². The Kier molecular flexibility index (Phi) is 6.14. The molecule has 1 amide bonds. The third-order valence-electron chi connectivity index (χ3n) is 4.19. The zero-order valence-electron chi connectivity index (χ0n) is 15.2. The molecule has 0 aliphatic heterocycles. The van der Waals surface area contributed by atoms with Crippen molar-refractivity contribution in [3.8, 4) is 0 Å². The van der Waals surface area contributed by atoms with Crippen LogP contribution in [0.1, 0.15) is 15.9 Å². The van der Waals surface area contributed by atoms with Crippen molar-refractivity contribution >= 4 is 33.2 Å². The third-order valence-corrected chi connectivity index (χ3v) is 6.33. The molecule has 0 bridgehead atoms. The molecule has 0 saturated heterocycles. The monoisotopic (exact) mass is 414 g/mol. The largest absolute Gasteiger partial charge is 0.322 e. The van der Waals surface area contributed by atoms with Crippen molar-refractivity contribution in [2.24, 2.45) is 0 Å². The molecule has 3 aromatic carbocycles. The van der Waals surface area contributed by atoms with Crippen molar-refractivity contribution in [2.45, 2.75) is 11.4 Å². The SMILES string of the molecule is CN(Cc1ccccc1)S(=O)(=O)c1ccc(NC(=O)c2ccccc2Cl)cc1. The first kappa shape index (κ1) is 20.1. The summed E-state index contributed by atoms with van der Waals surface area (Å²) in [6.07, 6.45) is 0. The van der Waals surface area contributed by atoms with Crippen molar-refractivity contribution in [1.82, 2.24) is 4.31 Å². The maximum Gasteiger partial charge on any atom is 0.257 e. The number of rotatable bonds is 6. The van der Waals surface area contributed by atoms with E-state index in [9.17, 15) is 13.2 Å². The number of hydrogen-bond acceptors (Lipinski definition) is 3. The van der Waals surface area contributed by atoms with Crippen molar-refractivity contribution in [3.63, 3.8) is 0 Å². The topological polar surface area (TPSA) is 66.5 Å². The highest BCUT2D eigenvalue weighted by atomic mass is 35.5. The van der Waals surface area contributed by atoms with Gasteiger partial charge in [-0.3, -0.25) is 4.79 Å². The van der Waals surface area contributed by atoms with Crippen LogP contribution in [0.5, 0.6) is 0 Å². The van der Waals surface area contributed by atoms with Crippen LogP contribution < -0.4 is 5.32 Å². The second-order valence-corrected chi connectivity index (χ2v) is 8.66. The molecule has 3 rings (SSSR count). The zero-order chi connectivity index (χ0) is 20.1. The average molecular weight is 415 g/mol. The molecule has 0 radical (unpaired) electrons. The Morgan fingerprint density at radius 2 is 1.54 bits per heavy atom. The standard InChI is InChI=1S/C21H19ClN2O3S/c1-24(15-16-7-3-2-4-8-16)28(26,27)18-13-11-17(12-14-18)23-21(25)19-9-5-6-10-20(19)22/h2-14H,15H2,1H3,(H,23,25). The fourth-order valence-electron chi connectivity index (χ4n) is 2.66. The van der Waals surface area contributed by atoms with Crippen molar-refractivity contribution in [3.05, 3.63) is 95.0 Å². The number of hydrogen-bond donors (Lipinski definition) is 1. The van der Waals surface area contributed by atoms with Crippen LogP contribution in [0.2, 0.25) is 5.02 Å². The number of anilines is 1. The van der Waals surface area contributed by atoms with Crippen LogP contribution >= 0.6 is 11.6 Å². The molecule has 0 aliphatic carbocycles. The normalized spacial score (nSPS) is 11.4. The predicted molar refractivity (Wildman–Crippen MR) is 111 cm³/mol. The molecule has 0 aliphatic rings. The van der Waals surface area contributed by atoms with Gasteiger partial charge in [0.25, 0.3) is 5.91 Å². The van der Waals surface area contributed by atoms with Gasteiger partial charge in [0.1, 0.15) is 0 Å². The number of carbonyl (C=O) groups excluding carboxylic acids is 1. The summed E-state index contributed by atoms with van der Waals surface area (Å²) in [5, 5.41) is 3.06. The number of sulfonamides is 1. The number of amides is 1. The van der Waals surface area contributed by atoms with E-state index in [0.29, 0.717) is 16.3 Å². The molecule has 0 aromatic heterocycles. The van der Waals surface area contributed by atoms with Crippen LogP contribution in [-0.2, 0) is 16.6 Å². The minimum absolute atomic E-state index is 0.154. The predicted octanol–water partition coefficient (Wildman–Crippen LogP) is 4.41. The van der Waals surface area contributed by atoms with E-state index >= 15 is 0 Å².